The molecule has 2 N–H and O–H groups in total. The maximum Gasteiger partial charge on any atom is 0.421 e. The van der Waals surface area contributed by atoms with Crippen molar-refractivity contribution in [3.63, 3.8) is 0 Å². The van der Waals surface area contributed by atoms with Gasteiger partial charge in [0, 0.05) is 29.7 Å². The third-order valence-electron chi connectivity index (χ3n) is 3.71. The van der Waals surface area contributed by atoms with Crippen molar-refractivity contribution < 1.29 is 18.1 Å². The molecule has 0 saturated carbocycles. The lowest BCUT2D eigenvalue weighted by molar-refractivity contribution is -0.384. The fourth-order valence-electron chi connectivity index (χ4n) is 2.40. The van der Waals surface area contributed by atoms with E-state index in [1.54, 1.807) is 18.2 Å². The second kappa shape index (κ2) is 7.51. The molecular formula is C18H14F3N5O2. The van der Waals surface area contributed by atoms with Crippen LogP contribution in [-0.4, -0.2) is 14.9 Å². The zero-order valence-corrected chi connectivity index (χ0v) is 14.5. The Hall–Kier alpha value is -3.69. The van der Waals surface area contributed by atoms with E-state index in [0.29, 0.717) is 17.6 Å². The molecule has 3 rings (SSSR count). The largest absolute Gasteiger partial charge is 0.421 e. The molecule has 0 bridgehead atoms. The van der Waals surface area contributed by atoms with Crippen molar-refractivity contribution in [1.29, 1.82) is 0 Å². The molecule has 7 nitrogen and oxygen atoms in total. The molecule has 0 atom stereocenters. The lowest BCUT2D eigenvalue weighted by Crippen LogP contribution is -2.12. The van der Waals surface area contributed by atoms with Crippen molar-refractivity contribution in [2.24, 2.45) is 0 Å². The highest BCUT2D eigenvalue weighted by Crippen LogP contribution is 2.35. The van der Waals surface area contributed by atoms with Crippen molar-refractivity contribution in [3.05, 3.63) is 76.0 Å². The first kappa shape index (κ1) is 19.1. The monoisotopic (exact) mass is 389 g/mol. The van der Waals surface area contributed by atoms with Gasteiger partial charge in [0.05, 0.1) is 4.92 Å². The van der Waals surface area contributed by atoms with Crippen LogP contribution < -0.4 is 10.6 Å². The van der Waals surface area contributed by atoms with Crippen molar-refractivity contribution in [3.8, 4) is 0 Å². The molecule has 0 fully saturated rings. The molecule has 0 spiro atoms. The molecule has 0 aliphatic heterocycles. The van der Waals surface area contributed by atoms with Gasteiger partial charge in [-0.05, 0) is 36.8 Å². The average molecular weight is 389 g/mol. The van der Waals surface area contributed by atoms with Crippen LogP contribution in [0.5, 0.6) is 0 Å². The highest BCUT2D eigenvalue weighted by Gasteiger charge is 2.35. The minimum Gasteiger partial charge on any atom is -0.340 e. The number of nitrogens with zero attached hydrogens (tertiary/aromatic N) is 3. The molecule has 0 aliphatic rings. The van der Waals surface area contributed by atoms with Gasteiger partial charge in [-0.2, -0.15) is 18.2 Å². The number of non-ortho nitro benzene ring substituents is 1. The van der Waals surface area contributed by atoms with E-state index in [9.17, 15) is 23.3 Å². The number of halogens is 3. The zero-order chi connectivity index (χ0) is 20.3. The molecule has 144 valence electrons. The highest BCUT2D eigenvalue weighted by atomic mass is 19.4. The van der Waals surface area contributed by atoms with Gasteiger partial charge in [-0.15, -0.1) is 0 Å². The molecular weight excluding hydrogens is 375 g/mol. The molecule has 0 unspecified atom stereocenters. The quantitative estimate of drug-likeness (QED) is 0.460. The topological polar surface area (TPSA) is 93.0 Å². The van der Waals surface area contributed by atoms with Gasteiger partial charge in [-0.3, -0.25) is 10.1 Å². The third-order valence-corrected chi connectivity index (χ3v) is 3.71. The number of alkyl halides is 3. The number of hydrogen-bond donors (Lipinski definition) is 2. The van der Waals surface area contributed by atoms with Crippen molar-refractivity contribution in [2.45, 2.75) is 13.1 Å². The summed E-state index contributed by atoms with van der Waals surface area (Å²) >= 11 is 0. The van der Waals surface area contributed by atoms with Gasteiger partial charge >= 0.3 is 6.18 Å². The smallest absolute Gasteiger partial charge is 0.340 e. The number of hydrogen-bond acceptors (Lipinski definition) is 6. The summed E-state index contributed by atoms with van der Waals surface area (Å²) in [5, 5.41) is 16.1. The van der Waals surface area contributed by atoms with Gasteiger partial charge in [-0.25, -0.2) is 4.98 Å². The van der Waals surface area contributed by atoms with Crippen LogP contribution in [0.4, 0.5) is 42.0 Å². The summed E-state index contributed by atoms with van der Waals surface area (Å²) in [6, 6.07) is 12.2. The van der Waals surface area contributed by atoms with Gasteiger partial charge in [-0.1, -0.05) is 12.1 Å². The normalized spacial score (nSPS) is 11.1. The third kappa shape index (κ3) is 4.53. The number of aromatic nitrogens is 2. The van der Waals surface area contributed by atoms with E-state index in [-0.39, 0.29) is 11.6 Å². The number of nitro groups is 1. The minimum atomic E-state index is -4.64. The van der Waals surface area contributed by atoms with Crippen LogP contribution in [0.2, 0.25) is 0 Å². The predicted molar refractivity (Wildman–Crippen MR) is 97.9 cm³/mol. The number of nitrogens with one attached hydrogen (secondary N) is 2. The first-order chi connectivity index (χ1) is 13.2. The molecule has 0 radical (unpaired) electrons. The molecule has 1 heterocycles. The van der Waals surface area contributed by atoms with E-state index in [1.165, 1.54) is 24.3 Å². The SMILES string of the molecule is Cc1cccc(Nc2nc(Nc3ccc([N+](=O)[O-])cc3)ncc2C(F)(F)F)c1. The van der Waals surface area contributed by atoms with E-state index >= 15 is 0 Å². The fourth-order valence-corrected chi connectivity index (χ4v) is 2.40. The second-order valence-electron chi connectivity index (χ2n) is 5.88. The number of benzene rings is 2. The van der Waals surface area contributed by atoms with Crippen LogP contribution in [0.25, 0.3) is 0 Å². The van der Waals surface area contributed by atoms with E-state index in [1.807, 2.05) is 13.0 Å². The van der Waals surface area contributed by atoms with Crippen LogP contribution >= 0.6 is 0 Å². The van der Waals surface area contributed by atoms with Crippen molar-refractivity contribution in [2.75, 3.05) is 10.6 Å². The Morgan fingerprint density at radius 2 is 1.75 bits per heavy atom. The zero-order valence-electron chi connectivity index (χ0n) is 14.5. The van der Waals surface area contributed by atoms with Gasteiger partial charge in [0.25, 0.3) is 5.69 Å². The molecule has 0 aliphatic carbocycles. The van der Waals surface area contributed by atoms with Crippen molar-refractivity contribution in [1.82, 2.24) is 9.97 Å². The van der Waals surface area contributed by atoms with Crippen LogP contribution in [0.15, 0.2) is 54.7 Å². The van der Waals surface area contributed by atoms with Gasteiger partial charge in [0.15, 0.2) is 0 Å². The maximum absolute atomic E-state index is 13.3. The van der Waals surface area contributed by atoms with Crippen LogP contribution in [-0.2, 0) is 6.18 Å². The molecule has 10 heteroatoms. The Labute approximate surface area is 157 Å². The first-order valence-electron chi connectivity index (χ1n) is 8.02. The number of rotatable bonds is 5. The Morgan fingerprint density at radius 3 is 2.36 bits per heavy atom. The second-order valence-corrected chi connectivity index (χ2v) is 5.88. The van der Waals surface area contributed by atoms with Gasteiger partial charge < -0.3 is 10.6 Å². The predicted octanol–water partition coefficient (Wildman–Crippen LogP) is 5.20. The molecule has 2 aromatic carbocycles. The Kier molecular flexibility index (Phi) is 5.12. The number of nitro benzene ring substituents is 1. The summed E-state index contributed by atoms with van der Waals surface area (Å²) in [5.41, 5.74) is 0.595. The maximum atomic E-state index is 13.3. The van der Waals surface area contributed by atoms with E-state index in [0.717, 1.165) is 5.56 Å². The lowest BCUT2D eigenvalue weighted by atomic mass is 10.2. The summed E-state index contributed by atoms with van der Waals surface area (Å²) in [6.45, 7) is 1.82. The van der Waals surface area contributed by atoms with E-state index in [4.69, 9.17) is 0 Å². The molecule has 28 heavy (non-hydrogen) atoms. The molecule has 1 aromatic heterocycles. The molecule has 0 saturated heterocycles. The Bertz CT molecular complexity index is 1010. The summed E-state index contributed by atoms with van der Waals surface area (Å²) in [4.78, 5) is 17.8. The Balaban J connectivity index is 1.91. The first-order valence-corrected chi connectivity index (χ1v) is 8.02. The average Bonchev–Trinajstić information content (AvgIpc) is 2.61. The fraction of sp³-hybridized carbons (Fsp3) is 0.111. The summed E-state index contributed by atoms with van der Waals surface area (Å²) in [5.74, 6) is -0.491. The van der Waals surface area contributed by atoms with Gasteiger partial charge in [0.1, 0.15) is 11.4 Å². The van der Waals surface area contributed by atoms with E-state index < -0.39 is 22.5 Å². The minimum absolute atomic E-state index is 0.0861. The van der Waals surface area contributed by atoms with Crippen LogP contribution in [0.1, 0.15) is 11.1 Å². The molecule has 0 amide bonds. The summed E-state index contributed by atoms with van der Waals surface area (Å²) < 4.78 is 39.9. The number of anilines is 4. The van der Waals surface area contributed by atoms with Crippen LogP contribution in [0.3, 0.4) is 0 Å². The van der Waals surface area contributed by atoms with Crippen LogP contribution in [0, 0.1) is 17.0 Å². The lowest BCUT2D eigenvalue weighted by Gasteiger charge is -2.15. The highest BCUT2D eigenvalue weighted by molar-refractivity contribution is 5.63. The van der Waals surface area contributed by atoms with E-state index in [2.05, 4.69) is 20.6 Å². The van der Waals surface area contributed by atoms with Crippen molar-refractivity contribution >= 4 is 28.8 Å². The van der Waals surface area contributed by atoms with Gasteiger partial charge in [0.2, 0.25) is 5.95 Å². The summed E-state index contributed by atoms with van der Waals surface area (Å²) in [7, 11) is 0. The molecule has 3 aromatic rings. The number of aryl methyl sites for hydroxylation is 1. The standard InChI is InChI=1S/C18H14F3N5O2/c1-11-3-2-4-13(9-11)23-16-15(18(19,20)21)10-22-17(25-16)24-12-5-7-14(8-6-12)26(27)28/h2-10H,1H3,(H2,22,23,24,25). The summed E-state index contributed by atoms with van der Waals surface area (Å²) in [6.07, 6.45) is -3.96. The Morgan fingerprint density at radius 1 is 1.04 bits per heavy atom.